The Morgan fingerprint density at radius 2 is 1.41 bits per heavy atom. The predicted octanol–water partition coefficient (Wildman–Crippen LogP) is -1.80. The lowest BCUT2D eigenvalue weighted by Crippen LogP contribution is -2.59. The molecule has 12 heteroatoms. The number of carboxylic acids is 1. The maximum atomic E-state index is 12.9. The van der Waals surface area contributed by atoms with E-state index in [1.54, 1.807) is 27.7 Å². The van der Waals surface area contributed by atoms with Crippen LogP contribution in [0.1, 0.15) is 53.9 Å². The summed E-state index contributed by atoms with van der Waals surface area (Å²) >= 11 is 0. The molecule has 0 spiro atoms. The summed E-state index contributed by atoms with van der Waals surface area (Å²) in [6.07, 6.45) is -1.07. The molecule has 184 valence electrons. The highest BCUT2D eigenvalue weighted by Crippen LogP contribution is 2.11. The fourth-order valence-electron chi connectivity index (χ4n) is 2.75. The van der Waals surface area contributed by atoms with Crippen molar-refractivity contribution < 1.29 is 34.2 Å². The molecule has 0 saturated carbocycles. The maximum Gasteiger partial charge on any atom is 0.326 e. The molecule has 32 heavy (non-hydrogen) atoms. The van der Waals surface area contributed by atoms with Crippen molar-refractivity contribution in [2.24, 2.45) is 23.3 Å². The number of aliphatic hydroxyl groups is 1. The Morgan fingerprint density at radius 1 is 0.875 bits per heavy atom. The lowest BCUT2D eigenvalue weighted by atomic mass is 9.96. The zero-order valence-corrected chi connectivity index (χ0v) is 19.3. The lowest BCUT2D eigenvalue weighted by Gasteiger charge is -2.29. The van der Waals surface area contributed by atoms with E-state index in [0.717, 1.165) is 0 Å². The van der Waals surface area contributed by atoms with E-state index in [1.165, 1.54) is 6.92 Å². The molecule has 9 N–H and O–H groups in total. The third-order valence-electron chi connectivity index (χ3n) is 5.16. The van der Waals surface area contributed by atoms with Gasteiger partial charge in [0.25, 0.3) is 0 Å². The van der Waals surface area contributed by atoms with Crippen molar-refractivity contribution in [2.75, 3.05) is 0 Å². The monoisotopic (exact) mass is 459 g/mol. The summed E-state index contributed by atoms with van der Waals surface area (Å²) in [5.41, 5.74) is 10.7. The highest BCUT2D eigenvalue weighted by Gasteiger charge is 2.33. The number of hydrogen-bond donors (Lipinski definition) is 7. The van der Waals surface area contributed by atoms with Crippen molar-refractivity contribution in [3.05, 3.63) is 0 Å². The Kier molecular flexibility index (Phi) is 12.5. The number of aliphatic carboxylic acids is 1. The Hall–Kier alpha value is -2.73. The first-order valence-electron chi connectivity index (χ1n) is 10.6. The van der Waals surface area contributed by atoms with Crippen molar-refractivity contribution in [1.29, 1.82) is 0 Å². The molecule has 0 bridgehead atoms. The molecule has 4 amide bonds. The van der Waals surface area contributed by atoms with Gasteiger partial charge >= 0.3 is 5.97 Å². The Labute approximate surface area is 187 Å². The van der Waals surface area contributed by atoms with Gasteiger partial charge in [0.1, 0.15) is 24.2 Å². The highest BCUT2D eigenvalue weighted by atomic mass is 16.4. The van der Waals surface area contributed by atoms with E-state index in [1.807, 2.05) is 0 Å². The van der Waals surface area contributed by atoms with Gasteiger partial charge in [0.05, 0.1) is 6.10 Å². The van der Waals surface area contributed by atoms with Crippen molar-refractivity contribution in [2.45, 2.75) is 84.2 Å². The van der Waals surface area contributed by atoms with E-state index in [2.05, 4.69) is 16.0 Å². The number of nitrogens with one attached hydrogen (secondary N) is 3. The van der Waals surface area contributed by atoms with Crippen LogP contribution in [-0.2, 0) is 24.0 Å². The standard InChI is InChI=1S/C20H37N5O7/c1-6-10(4)16(19(30)24-15(9(2)3)20(31)32)25-17(28)12(7-8-13(21)27)23-18(29)14(22)11(5)26/h9-12,14-16,26H,6-8,22H2,1-5H3,(H2,21,27)(H,23,29)(H,24,30)(H,25,28)(H,31,32). The van der Waals surface area contributed by atoms with Crippen LogP contribution in [0.3, 0.4) is 0 Å². The number of hydrogen-bond acceptors (Lipinski definition) is 7. The van der Waals surface area contributed by atoms with Gasteiger partial charge in [-0.3, -0.25) is 19.2 Å². The smallest absolute Gasteiger partial charge is 0.326 e. The van der Waals surface area contributed by atoms with Gasteiger partial charge in [-0.1, -0.05) is 34.1 Å². The van der Waals surface area contributed by atoms with Gasteiger partial charge in [-0.15, -0.1) is 0 Å². The van der Waals surface area contributed by atoms with Crippen LogP contribution in [0.15, 0.2) is 0 Å². The number of carboxylic acid groups (broad SMARTS) is 1. The van der Waals surface area contributed by atoms with Crippen LogP contribution in [0, 0.1) is 11.8 Å². The molecule has 0 aliphatic carbocycles. The van der Waals surface area contributed by atoms with Gasteiger partial charge < -0.3 is 37.6 Å². The summed E-state index contributed by atoms with van der Waals surface area (Å²) in [7, 11) is 0. The molecular formula is C20H37N5O7. The highest BCUT2D eigenvalue weighted by molar-refractivity contribution is 5.94. The molecule has 0 aliphatic rings. The minimum absolute atomic E-state index is 0.155. The third-order valence-corrected chi connectivity index (χ3v) is 5.16. The minimum Gasteiger partial charge on any atom is -0.480 e. The molecule has 0 heterocycles. The molecule has 0 aliphatic heterocycles. The van der Waals surface area contributed by atoms with E-state index in [-0.39, 0.29) is 18.8 Å². The summed E-state index contributed by atoms with van der Waals surface area (Å²) in [5.74, 6) is -4.94. The lowest BCUT2D eigenvalue weighted by molar-refractivity contribution is -0.144. The molecule has 0 saturated heterocycles. The first kappa shape index (κ1) is 29.3. The van der Waals surface area contributed by atoms with E-state index in [4.69, 9.17) is 11.5 Å². The zero-order valence-electron chi connectivity index (χ0n) is 19.3. The van der Waals surface area contributed by atoms with E-state index < -0.39 is 65.8 Å². The van der Waals surface area contributed by atoms with Crippen LogP contribution in [0.5, 0.6) is 0 Å². The van der Waals surface area contributed by atoms with Gasteiger partial charge in [-0.05, 0) is 25.2 Å². The van der Waals surface area contributed by atoms with Crippen molar-refractivity contribution >= 4 is 29.6 Å². The number of rotatable bonds is 14. The van der Waals surface area contributed by atoms with Gasteiger partial charge in [-0.25, -0.2) is 4.79 Å². The molecule has 0 radical (unpaired) electrons. The van der Waals surface area contributed by atoms with E-state index in [0.29, 0.717) is 6.42 Å². The number of carbonyl (C=O) groups excluding carboxylic acids is 4. The molecule has 12 nitrogen and oxygen atoms in total. The van der Waals surface area contributed by atoms with Crippen LogP contribution < -0.4 is 27.4 Å². The Morgan fingerprint density at radius 3 is 1.81 bits per heavy atom. The zero-order chi connectivity index (χ0) is 25.2. The Balaban J connectivity index is 5.62. The second-order valence-corrected chi connectivity index (χ2v) is 8.27. The minimum atomic E-state index is -1.31. The SMILES string of the molecule is CCC(C)C(NC(=O)C(CCC(N)=O)NC(=O)C(N)C(C)O)C(=O)NC(C(=O)O)C(C)C. The summed E-state index contributed by atoms with van der Waals surface area (Å²) in [5, 5.41) is 26.2. The molecule has 6 atom stereocenters. The van der Waals surface area contributed by atoms with Crippen molar-refractivity contribution in [3.8, 4) is 0 Å². The molecule has 6 unspecified atom stereocenters. The van der Waals surface area contributed by atoms with Crippen LogP contribution in [0.4, 0.5) is 0 Å². The van der Waals surface area contributed by atoms with Gasteiger partial charge in [-0.2, -0.15) is 0 Å². The van der Waals surface area contributed by atoms with Crippen LogP contribution in [0.2, 0.25) is 0 Å². The largest absolute Gasteiger partial charge is 0.480 e. The van der Waals surface area contributed by atoms with Gasteiger partial charge in [0, 0.05) is 6.42 Å². The first-order valence-corrected chi connectivity index (χ1v) is 10.6. The molecule has 0 fully saturated rings. The third kappa shape index (κ3) is 9.60. The molecular weight excluding hydrogens is 422 g/mol. The van der Waals surface area contributed by atoms with E-state index >= 15 is 0 Å². The van der Waals surface area contributed by atoms with Crippen LogP contribution in [-0.4, -0.2) is 70.1 Å². The first-order chi connectivity index (χ1) is 14.7. The van der Waals surface area contributed by atoms with Gasteiger partial charge in [0.2, 0.25) is 23.6 Å². The molecule has 0 aromatic rings. The maximum absolute atomic E-state index is 12.9. The summed E-state index contributed by atoms with van der Waals surface area (Å²) < 4.78 is 0. The normalized spacial score (nSPS) is 16.8. The number of carbonyl (C=O) groups is 5. The topological polar surface area (TPSA) is 214 Å². The van der Waals surface area contributed by atoms with Crippen LogP contribution >= 0.6 is 0 Å². The molecule has 0 rings (SSSR count). The van der Waals surface area contributed by atoms with Crippen LogP contribution in [0.25, 0.3) is 0 Å². The summed E-state index contributed by atoms with van der Waals surface area (Å²) in [6.45, 7) is 8.07. The fourth-order valence-corrected chi connectivity index (χ4v) is 2.75. The molecule has 0 aromatic heterocycles. The fraction of sp³-hybridized carbons (Fsp3) is 0.750. The van der Waals surface area contributed by atoms with Gasteiger partial charge in [0.15, 0.2) is 0 Å². The second-order valence-electron chi connectivity index (χ2n) is 8.27. The number of amides is 4. The number of nitrogens with two attached hydrogens (primary N) is 2. The summed E-state index contributed by atoms with van der Waals surface area (Å²) in [6, 6.07) is -4.80. The summed E-state index contributed by atoms with van der Waals surface area (Å²) in [4.78, 5) is 60.5. The van der Waals surface area contributed by atoms with E-state index in [9.17, 15) is 34.2 Å². The van der Waals surface area contributed by atoms with Crippen molar-refractivity contribution in [1.82, 2.24) is 16.0 Å². The number of primary amides is 1. The predicted molar refractivity (Wildman–Crippen MR) is 116 cm³/mol. The quantitative estimate of drug-likeness (QED) is 0.157. The average Bonchev–Trinajstić information content (AvgIpc) is 2.70. The second kappa shape index (κ2) is 13.6. The van der Waals surface area contributed by atoms with Crippen molar-refractivity contribution in [3.63, 3.8) is 0 Å². The number of aliphatic hydroxyl groups excluding tert-OH is 1. The Bertz CT molecular complexity index is 683. The average molecular weight is 460 g/mol. The molecule has 0 aromatic carbocycles.